The number of aliphatic hydroxyl groups excluding tert-OH is 1. The molecule has 196 valence electrons. The topological polar surface area (TPSA) is 110 Å². The fourth-order valence-electron chi connectivity index (χ4n) is 4.89. The molecular weight excluding hydrogens is 519 g/mol. The number of Topliss-reactive ketones (excluding diaryl/α,β-unsaturated/α-hetero) is 1. The number of carbonyl (C=O) groups is 1. The molecule has 8 nitrogen and oxygen atoms in total. The van der Waals surface area contributed by atoms with Gasteiger partial charge in [-0.05, 0) is 47.9 Å². The van der Waals surface area contributed by atoms with Gasteiger partial charge in [-0.1, -0.05) is 29.8 Å². The van der Waals surface area contributed by atoms with Gasteiger partial charge >= 0.3 is 0 Å². The molecule has 0 saturated carbocycles. The molecule has 5 rings (SSSR count). The lowest BCUT2D eigenvalue weighted by molar-refractivity contribution is 0.0988. The van der Waals surface area contributed by atoms with E-state index in [1.54, 1.807) is 18.5 Å². The lowest BCUT2D eigenvalue weighted by Crippen LogP contribution is -2.33. The SMILES string of the molecule is [C-]#[N+]c1ccncc1-c1ccc(CC(=O)c2ccnc(-c3c(F)cccc3Cl)n2)c(N2C[C@@H](N)C[C@H]2CO)c1. The molecule has 3 heterocycles. The summed E-state index contributed by atoms with van der Waals surface area (Å²) in [6.45, 7) is 7.94. The van der Waals surface area contributed by atoms with Crippen LogP contribution in [0.15, 0.2) is 67.1 Å². The van der Waals surface area contributed by atoms with Gasteiger partial charge in [-0.15, -0.1) is 0 Å². The van der Waals surface area contributed by atoms with Gasteiger partial charge in [0.2, 0.25) is 0 Å². The molecule has 0 spiro atoms. The highest BCUT2D eigenvalue weighted by Crippen LogP contribution is 2.36. The Morgan fingerprint density at radius 1 is 1.23 bits per heavy atom. The summed E-state index contributed by atoms with van der Waals surface area (Å²) in [4.78, 5) is 31.7. The second-order valence-corrected chi connectivity index (χ2v) is 9.70. The van der Waals surface area contributed by atoms with Crippen molar-refractivity contribution in [2.75, 3.05) is 18.1 Å². The molecule has 0 bridgehead atoms. The number of nitrogens with zero attached hydrogens (tertiary/aromatic N) is 5. The van der Waals surface area contributed by atoms with Crippen LogP contribution in [0.2, 0.25) is 5.02 Å². The summed E-state index contributed by atoms with van der Waals surface area (Å²) >= 11 is 6.18. The predicted octanol–water partition coefficient (Wildman–Crippen LogP) is 4.87. The molecule has 39 heavy (non-hydrogen) atoms. The average molecular weight is 543 g/mol. The highest BCUT2D eigenvalue weighted by atomic mass is 35.5. The van der Waals surface area contributed by atoms with E-state index in [0.717, 1.165) is 11.3 Å². The number of anilines is 1. The molecule has 2 aromatic carbocycles. The third-order valence-electron chi connectivity index (χ3n) is 6.76. The van der Waals surface area contributed by atoms with Crippen molar-refractivity contribution in [3.05, 3.63) is 101 Å². The van der Waals surface area contributed by atoms with E-state index in [4.69, 9.17) is 23.9 Å². The maximum absolute atomic E-state index is 14.5. The largest absolute Gasteiger partial charge is 0.394 e. The first kappa shape index (κ1) is 26.4. The fraction of sp³-hybridized carbons (Fsp3) is 0.207. The van der Waals surface area contributed by atoms with Gasteiger partial charge < -0.3 is 15.7 Å². The molecule has 1 aliphatic heterocycles. The van der Waals surface area contributed by atoms with Crippen LogP contribution >= 0.6 is 11.6 Å². The standard InChI is InChI=1S/C29H24ClFN6O2/c1-33-24-7-9-34-14-21(24)17-5-6-18(26(11-17)37-15-19(32)13-20(37)16-38)12-27(39)25-8-10-35-29(36-25)28-22(30)3-2-4-23(28)31/h2-11,14,19-20,38H,12-13,15-16,32H2/t19-,20-/m0/s1. The van der Waals surface area contributed by atoms with Gasteiger partial charge in [0.1, 0.15) is 11.5 Å². The first-order chi connectivity index (χ1) is 18.9. The molecule has 4 aromatic rings. The molecule has 2 atom stereocenters. The van der Waals surface area contributed by atoms with Gasteiger partial charge in [-0.2, -0.15) is 0 Å². The Morgan fingerprint density at radius 2 is 2.08 bits per heavy atom. The van der Waals surface area contributed by atoms with Crippen molar-refractivity contribution < 1.29 is 14.3 Å². The van der Waals surface area contributed by atoms with Crippen molar-refractivity contribution in [2.24, 2.45) is 5.73 Å². The molecule has 0 amide bonds. The first-order valence-electron chi connectivity index (χ1n) is 12.3. The number of ketones is 1. The zero-order valence-corrected chi connectivity index (χ0v) is 21.5. The number of hydrogen-bond donors (Lipinski definition) is 2. The van der Waals surface area contributed by atoms with E-state index in [1.165, 1.54) is 30.5 Å². The van der Waals surface area contributed by atoms with Crippen molar-refractivity contribution in [1.82, 2.24) is 15.0 Å². The molecule has 3 N–H and O–H groups in total. The maximum atomic E-state index is 14.5. The van der Waals surface area contributed by atoms with E-state index >= 15 is 0 Å². The Kier molecular flexibility index (Phi) is 7.61. The van der Waals surface area contributed by atoms with Crippen molar-refractivity contribution in [2.45, 2.75) is 24.9 Å². The van der Waals surface area contributed by atoms with Crippen LogP contribution in [-0.4, -0.2) is 51.1 Å². The number of carbonyl (C=O) groups excluding carboxylic acids is 1. The molecule has 10 heteroatoms. The Bertz CT molecular complexity index is 1570. The Morgan fingerprint density at radius 3 is 2.85 bits per heavy atom. The Hall–Kier alpha value is -4.23. The second-order valence-electron chi connectivity index (χ2n) is 9.29. The quantitative estimate of drug-likeness (QED) is 0.253. The van der Waals surface area contributed by atoms with E-state index in [2.05, 4.69) is 19.8 Å². The van der Waals surface area contributed by atoms with Gasteiger partial charge in [-0.3, -0.25) is 9.78 Å². The van der Waals surface area contributed by atoms with Crippen LogP contribution in [0.1, 0.15) is 22.5 Å². The minimum absolute atomic E-state index is 0.0102. The normalized spacial score (nSPS) is 16.7. The van der Waals surface area contributed by atoms with Crippen LogP contribution in [-0.2, 0) is 6.42 Å². The number of benzene rings is 2. The van der Waals surface area contributed by atoms with Gasteiger partial charge in [0, 0.05) is 48.8 Å². The van der Waals surface area contributed by atoms with E-state index < -0.39 is 5.82 Å². The van der Waals surface area contributed by atoms with Crippen LogP contribution in [0.5, 0.6) is 0 Å². The van der Waals surface area contributed by atoms with Gasteiger partial charge in [0.05, 0.1) is 29.8 Å². The highest BCUT2D eigenvalue weighted by molar-refractivity contribution is 6.33. The van der Waals surface area contributed by atoms with Crippen molar-refractivity contribution in [3.8, 4) is 22.5 Å². The molecule has 1 saturated heterocycles. The van der Waals surface area contributed by atoms with Crippen LogP contribution in [0.4, 0.5) is 15.8 Å². The third-order valence-corrected chi connectivity index (χ3v) is 7.08. The van der Waals surface area contributed by atoms with Crippen molar-refractivity contribution in [3.63, 3.8) is 0 Å². The Balaban J connectivity index is 1.53. The summed E-state index contributed by atoms with van der Waals surface area (Å²) in [5.74, 6) is -0.861. The monoisotopic (exact) mass is 542 g/mol. The number of pyridine rings is 1. The van der Waals surface area contributed by atoms with E-state index in [-0.39, 0.29) is 53.0 Å². The maximum Gasteiger partial charge on any atom is 0.197 e. The number of aromatic nitrogens is 3. The fourth-order valence-corrected chi connectivity index (χ4v) is 5.13. The van der Waals surface area contributed by atoms with Crippen LogP contribution in [0.3, 0.4) is 0 Å². The minimum Gasteiger partial charge on any atom is -0.394 e. The number of nitrogens with two attached hydrogens (primary N) is 1. The first-order valence-corrected chi connectivity index (χ1v) is 12.7. The van der Waals surface area contributed by atoms with Crippen LogP contribution < -0.4 is 10.6 Å². The summed E-state index contributed by atoms with van der Waals surface area (Å²) in [7, 11) is 0. The van der Waals surface area contributed by atoms with E-state index in [1.807, 2.05) is 23.1 Å². The van der Waals surface area contributed by atoms with Gasteiger partial charge in [-0.25, -0.2) is 19.2 Å². The molecule has 0 unspecified atom stereocenters. The Labute approximate surface area is 229 Å². The predicted molar refractivity (Wildman–Crippen MR) is 147 cm³/mol. The molecule has 0 aliphatic carbocycles. The van der Waals surface area contributed by atoms with E-state index in [0.29, 0.717) is 29.8 Å². The molecule has 0 radical (unpaired) electrons. The van der Waals surface area contributed by atoms with Crippen molar-refractivity contribution in [1.29, 1.82) is 0 Å². The van der Waals surface area contributed by atoms with Crippen LogP contribution in [0.25, 0.3) is 27.4 Å². The van der Waals surface area contributed by atoms with E-state index in [9.17, 15) is 14.3 Å². The summed E-state index contributed by atoms with van der Waals surface area (Å²) < 4.78 is 14.5. The lowest BCUT2D eigenvalue weighted by Gasteiger charge is -2.28. The zero-order chi connectivity index (χ0) is 27.5. The minimum atomic E-state index is -0.584. The van der Waals surface area contributed by atoms with Gasteiger partial charge in [0.15, 0.2) is 17.3 Å². The molecule has 1 aliphatic rings. The number of rotatable bonds is 7. The third kappa shape index (κ3) is 5.36. The lowest BCUT2D eigenvalue weighted by atomic mass is 9.98. The summed E-state index contributed by atoms with van der Waals surface area (Å²) in [5.41, 5.74) is 9.70. The number of hydrogen-bond acceptors (Lipinski definition) is 7. The highest BCUT2D eigenvalue weighted by Gasteiger charge is 2.31. The second kappa shape index (κ2) is 11.3. The average Bonchev–Trinajstić information content (AvgIpc) is 3.33. The smallest absolute Gasteiger partial charge is 0.197 e. The molecule has 1 fully saturated rings. The summed E-state index contributed by atoms with van der Waals surface area (Å²) in [5, 5.41) is 10.2. The molecular formula is C29H24ClFN6O2. The molecule has 2 aromatic heterocycles. The zero-order valence-electron chi connectivity index (χ0n) is 20.8. The number of halogens is 2. The van der Waals surface area contributed by atoms with Gasteiger partial charge in [0.25, 0.3) is 0 Å². The number of aliphatic hydroxyl groups is 1. The summed E-state index contributed by atoms with van der Waals surface area (Å²) in [6.07, 6.45) is 5.19. The van der Waals surface area contributed by atoms with Crippen LogP contribution in [0, 0.1) is 12.4 Å². The summed E-state index contributed by atoms with van der Waals surface area (Å²) in [6, 6.07) is 12.6. The van der Waals surface area contributed by atoms with Crippen molar-refractivity contribution >= 4 is 28.8 Å².